The molecule has 1 rings (SSSR count). The monoisotopic (exact) mass is 221 g/mol. The van der Waals surface area contributed by atoms with E-state index in [2.05, 4.69) is 32.0 Å². The molecule has 15 heavy (non-hydrogen) atoms. The Labute approximate surface area is 98.5 Å². The fourth-order valence-electron chi connectivity index (χ4n) is 1.66. The van der Waals surface area contributed by atoms with Crippen molar-refractivity contribution in [3.05, 3.63) is 30.3 Å². The fraction of sp³-hybridized carbons (Fsp3) is 0.571. The van der Waals surface area contributed by atoms with Crippen LogP contribution in [-0.2, 0) is 0 Å². The second-order valence-electron chi connectivity index (χ2n) is 3.91. The van der Waals surface area contributed by atoms with Crippen molar-refractivity contribution in [3.8, 4) is 0 Å². The molecular weight excluding hydrogens is 200 g/mol. The van der Waals surface area contributed by atoms with E-state index in [-0.39, 0.29) is 0 Å². The molecule has 1 heteroatoms. The number of benzene rings is 1. The second-order valence-corrected chi connectivity index (χ2v) is 5.28. The molecule has 1 unspecified atom stereocenters. The van der Waals surface area contributed by atoms with Gasteiger partial charge < -0.3 is 0 Å². The van der Waals surface area contributed by atoms with Crippen molar-refractivity contribution in [3.63, 3.8) is 0 Å². The molecule has 0 fully saturated rings. The highest BCUT2D eigenvalue weighted by Crippen LogP contribution is 2.29. The third-order valence-corrected chi connectivity index (χ3v) is 3.83. The van der Waals surface area contributed by atoms with Crippen LogP contribution in [0.5, 0.6) is 0 Å². The maximum absolute atomic E-state index is 3.07. The van der Waals surface area contributed by atoms with Gasteiger partial charge in [0.2, 0.25) is 0 Å². The van der Waals surface area contributed by atoms with Gasteiger partial charge in [0.05, 0.1) is 0 Å². The Morgan fingerprint density at radius 3 is 2.47 bits per heavy atom. The van der Waals surface area contributed by atoms with E-state index in [4.69, 9.17) is 0 Å². The Morgan fingerprint density at radius 2 is 1.87 bits per heavy atom. The number of unbranched alkanes of at least 4 members (excludes halogenated alkanes) is 1. The summed E-state index contributed by atoms with van der Waals surface area (Å²) < 4.78 is 0. The van der Waals surface area contributed by atoms with E-state index >= 15 is 0 Å². The van der Waals surface area contributed by atoms with Crippen LogP contribution < -0.4 is 0 Å². The topological polar surface area (TPSA) is 0 Å². The molecule has 0 aromatic heterocycles. The lowest BCUT2D eigenvalue weighted by atomic mass is 10.1. The highest BCUT2D eigenvalue weighted by Gasteiger charge is 2.08. The molecule has 0 amide bonds. The van der Waals surface area contributed by atoms with Crippen LogP contribution >= 0.6 is 11.8 Å². The minimum Gasteiger partial charge on any atom is -0.123 e. The van der Waals surface area contributed by atoms with Gasteiger partial charge in [-0.3, -0.25) is 0 Å². The molecule has 0 heterocycles. The van der Waals surface area contributed by atoms with E-state index in [1.165, 1.54) is 37.0 Å². The summed E-state index contributed by atoms with van der Waals surface area (Å²) in [6, 6.07) is 11.4. The first kappa shape index (κ1) is 12.6. The van der Waals surface area contributed by atoms with Gasteiger partial charge in [-0.1, -0.05) is 45.2 Å². The summed E-state index contributed by atoms with van der Waals surface area (Å²) in [5, 5.41) is 0.803. The van der Waals surface area contributed by atoms with Crippen molar-refractivity contribution < 1.29 is 0 Å². The van der Waals surface area contributed by atoms with Crippen molar-refractivity contribution >= 4 is 11.8 Å². The Hall–Kier alpha value is -0.430. The lowest BCUT2D eigenvalue weighted by Crippen LogP contribution is -2.01. The zero-order valence-corrected chi connectivity index (χ0v) is 10.6. The molecule has 83 valence electrons. The standard InChI is InChI=1S/C14H21S/c1-3-5-10-13(9-4-2)15-14-11-7-6-8-12-14/h7-8,11-13H,3-5,9-10H2,1-2H3. The van der Waals surface area contributed by atoms with Gasteiger partial charge in [-0.15, -0.1) is 11.8 Å². The van der Waals surface area contributed by atoms with Crippen LogP contribution in [-0.4, -0.2) is 5.25 Å². The Balaban J connectivity index is 2.43. The summed E-state index contributed by atoms with van der Waals surface area (Å²) >= 11 is 2.03. The van der Waals surface area contributed by atoms with Gasteiger partial charge in [-0.25, -0.2) is 0 Å². The molecule has 0 spiro atoms. The summed E-state index contributed by atoms with van der Waals surface area (Å²) in [5.74, 6) is 0. The predicted octanol–water partition coefficient (Wildman–Crippen LogP) is 4.94. The van der Waals surface area contributed by atoms with Crippen molar-refractivity contribution in [1.82, 2.24) is 0 Å². The van der Waals surface area contributed by atoms with Gasteiger partial charge in [0, 0.05) is 10.1 Å². The van der Waals surface area contributed by atoms with Crippen LogP contribution in [0.3, 0.4) is 0 Å². The van der Waals surface area contributed by atoms with Crippen LogP contribution in [0, 0.1) is 6.07 Å². The molecule has 1 radical (unpaired) electrons. The third kappa shape index (κ3) is 5.27. The molecule has 0 saturated carbocycles. The largest absolute Gasteiger partial charge is 0.123 e. The fourth-order valence-corrected chi connectivity index (χ4v) is 2.97. The van der Waals surface area contributed by atoms with Crippen LogP contribution in [0.1, 0.15) is 46.0 Å². The van der Waals surface area contributed by atoms with E-state index in [0.29, 0.717) is 0 Å². The van der Waals surface area contributed by atoms with Crippen LogP contribution in [0.15, 0.2) is 29.2 Å². The predicted molar refractivity (Wildman–Crippen MR) is 69.4 cm³/mol. The molecular formula is C14H21S. The van der Waals surface area contributed by atoms with Crippen molar-refractivity contribution in [2.45, 2.75) is 56.1 Å². The molecule has 0 N–H and O–H groups in total. The van der Waals surface area contributed by atoms with Gasteiger partial charge in [-0.05, 0) is 31.0 Å². The first-order valence-electron chi connectivity index (χ1n) is 5.99. The first-order chi connectivity index (χ1) is 7.36. The quantitative estimate of drug-likeness (QED) is 0.588. The van der Waals surface area contributed by atoms with Crippen molar-refractivity contribution in [2.24, 2.45) is 0 Å². The average Bonchev–Trinajstić information content (AvgIpc) is 2.28. The minimum absolute atomic E-state index is 0.803. The first-order valence-corrected chi connectivity index (χ1v) is 6.87. The molecule has 1 aromatic rings. The number of hydrogen-bond donors (Lipinski definition) is 0. The molecule has 1 aromatic carbocycles. The van der Waals surface area contributed by atoms with Gasteiger partial charge in [0.1, 0.15) is 0 Å². The van der Waals surface area contributed by atoms with Gasteiger partial charge >= 0.3 is 0 Å². The average molecular weight is 221 g/mol. The van der Waals surface area contributed by atoms with Crippen molar-refractivity contribution in [2.75, 3.05) is 0 Å². The summed E-state index contributed by atoms with van der Waals surface area (Å²) in [5.41, 5.74) is 0. The smallest absolute Gasteiger partial charge is 0.00943 e. The normalized spacial score (nSPS) is 12.7. The van der Waals surface area contributed by atoms with E-state index < -0.39 is 0 Å². The summed E-state index contributed by atoms with van der Waals surface area (Å²) in [6.45, 7) is 4.55. The van der Waals surface area contributed by atoms with Crippen molar-refractivity contribution in [1.29, 1.82) is 0 Å². The second kappa shape index (κ2) is 7.81. The maximum atomic E-state index is 3.07. The Kier molecular flexibility index (Phi) is 6.58. The Bertz CT molecular complexity index is 243. The van der Waals surface area contributed by atoms with E-state index in [1.54, 1.807) is 0 Å². The summed E-state index contributed by atoms with van der Waals surface area (Å²) in [6.07, 6.45) is 6.65. The zero-order valence-electron chi connectivity index (χ0n) is 9.83. The summed E-state index contributed by atoms with van der Waals surface area (Å²) in [7, 11) is 0. The molecule has 0 nitrogen and oxygen atoms in total. The van der Waals surface area contributed by atoms with Crippen LogP contribution in [0.25, 0.3) is 0 Å². The van der Waals surface area contributed by atoms with E-state index in [9.17, 15) is 0 Å². The molecule has 1 atom stereocenters. The number of thioether (sulfide) groups is 1. The van der Waals surface area contributed by atoms with Gasteiger partial charge in [0.25, 0.3) is 0 Å². The molecule has 0 aliphatic rings. The molecule has 0 saturated heterocycles. The molecule has 0 aliphatic heterocycles. The van der Waals surface area contributed by atoms with E-state index in [0.717, 1.165) is 5.25 Å². The molecule has 0 aliphatic carbocycles. The third-order valence-electron chi connectivity index (χ3n) is 2.48. The SMILES string of the molecule is CCCCC(CCC)Sc1cc[c]cc1. The van der Waals surface area contributed by atoms with E-state index in [1.807, 2.05) is 23.9 Å². The highest BCUT2D eigenvalue weighted by molar-refractivity contribution is 8.00. The summed E-state index contributed by atoms with van der Waals surface area (Å²) in [4.78, 5) is 1.39. The van der Waals surface area contributed by atoms with Gasteiger partial charge in [0.15, 0.2) is 0 Å². The minimum atomic E-state index is 0.803. The zero-order chi connectivity index (χ0) is 10.9. The highest BCUT2D eigenvalue weighted by atomic mass is 32.2. The molecule has 0 bridgehead atoms. The van der Waals surface area contributed by atoms with Crippen LogP contribution in [0.2, 0.25) is 0 Å². The maximum Gasteiger partial charge on any atom is 0.00943 e. The van der Waals surface area contributed by atoms with Crippen LogP contribution in [0.4, 0.5) is 0 Å². The lowest BCUT2D eigenvalue weighted by Gasteiger charge is -2.15. The number of hydrogen-bond acceptors (Lipinski definition) is 1. The van der Waals surface area contributed by atoms with Gasteiger partial charge in [-0.2, -0.15) is 0 Å². The lowest BCUT2D eigenvalue weighted by molar-refractivity contribution is 0.639. The Morgan fingerprint density at radius 1 is 1.13 bits per heavy atom. The number of rotatable bonds is 7.